The van der Waals surface area contributed by atoms with Crippen molar-refractivity contribution < 1.29 is 26.7 Å². The van der Waals surface area contributed by atoms with Gasteiger partial charge in [0.2, 0.25) is 0 Å². The van der Waals surface area contributed by atoms with Gasteiger partial charge in [0.1, 0.15) is 0 Å². The molecular formula is C29H28N2O6S2. The summed E-state index contributed by atoms with van der Waals surface area (Å²) in [5.74, 6) is -0.464. The van der Waals surface area contributed by atoms with Gasteiger partial charge in [-0.3, -0.25) is 9.78 Å². The van der Waals surface area contributed by atoms with Gasteiger partial charge in [-0.1, -0.05) is 48.5 Å². The van der Waals surface area contributed by atoms with E-state index in [1.54, 1.807) is 71.8 Å². The number of fused-ring (bicyclic) bond motifs is 1. The van der Waals surface area contributed by atoms with Crippen molar-refractivity contribution in [1.29, 1.82) is 0 Å². The first kappa shape index (κ1) is 27.0. The van der Waals surface area contributed by atoms with Crippen molar-refractivity contribution in [2.24, 2.45) is 0 Å². The van der Waals surface area contributed by atoms with Gasteiger partial charge in [-0.25, -0.2) is 16.8 Å². The van der Waals surface area contributed by atoms with Gasteiger partial charge in [0, 0.05) is 42.1 Å². The van der Waals surface area contributed by atoms with E-state index in [4.69, 9.17) is 0 Å². The van der Waals surface area contributed by atoms with E-state index in [1.165, 1.54) is 6.07 Å². The maximum atomic E-state index is 13.2. The number of para-hydroxylation sites is 1. The van der Waals surface area contributed by atoms with Crippen molar-refractivity contribution in [1.82, 2.24) is 9.88 Å². The van der Waals surface area contributed by atoms with Crippen LogP contribution >= 0.6 is 0 Å². The summed E-state index contributed by atoms with van der Waals surface area (Å²) in [5.41, 5.74) is 0.378. The van der Waals surface area contributed by atoms with Gasteiger partial charge >= 0.3 is 0 Å². The van der Waals surface area contributed by atoms with Crippen molar-refractivity contribution in [2.45, 2.75) is 34.0 Å². The number of amides is 1. The first-order valence-electron chi connectivity index (χ1n) is 12.4. The number of benzene rings is 3. The molecule has 1 aromatic heterocycles. The van der Waals surface area contributed by atoms with Gasteiger partial charge < -0.3 is 10.0 Å². The Hall–Kier alpha value is -3.60. The normalized spacial score (nSPS) is 15.8. The molecular weight excluding hydrogens is 536 g/mol. The van der Waals surface area contributed by atoms with Crippen LogP contribution in [0.2, 0.25) is 0 Å². The third-order valence-electron chi connectivity index (χ3n) is 7.15. The second-order valence-corrected chi connectivity index (χ2v) is 13.8. The van der Waals surface area contributed by atoms with E-state index in [2.05, 4.69) is 4.98 Å². The van der Waals surface area contributed by atoms with E-state index in [-0.39, 0.29) is 47.4 Å². The molecule has 1 amide bonds. The Bertz CT molecular complexity index is 1750. The van der Waals surface area contributed by atoms with Crippen LogP contribution in [0.5, 0.6) is 0 Å². The Labute approximate surface area is 227 Å². The third kappa shape index (κ3) is 5.45. The zero-order chi connectivity index (χ0) is 27.8. The van der Waals surface area contributed by atoms with Crippen LogP contribution in [0.4, 0.5) is 0 Å². The molecule has 202 valence electrons. The van der Waals surface area contributed by atoms with Crippen LogP contribution in [0.15, 0.2) is 94.9 Å². The van der Waals surface area contributed by atoms with Crippen LogP contribution in [-0.4, -0.2) is 57.1 Å². The molecule has 1 aliphatic rings. The molecule has 0 unspecified atom stereocenters. The van der Waals surface area contributed by atoms with Crippen molar-refractivity contribution in [3.05, 3.63) is 102 Å². The fourth-order valence-electron chi connectivity index (χ4n) is 5.07. The molecule has 1 aliphatic heterocycles. The molecule has 0 bridgehead atoms. The summed E-state index contributed by atoms with van der Waals surface area (Å²) in [7, 11) is -7.20. The van der Waals surface area contributed by atoms with Gasteiger partial charge in [0.05, 0.1) is 26.7 Å². The molecule has 2 heterocycles. The molecule has 0 saturated carbocycles. The van der Waals surface area contributed by atoms with Crippen LogP contribution in [0.3, 0.4) is 0 Å². The van der Waals surface area contributed by atoms with Gasteiger partial charge in [-0.15, -0.1) is 0 Å². The van der Waals surface area contributed by atoms with Crippen molar-refractivity contribution in [2.75, 3.05) is 19.3 Å². The lowest BCUT2D eigenvalue weighted by atomic mass is 9.84. The summed E-state index contributed by atoms with van der Waals surface area (Å²) >= 11 is 0. The predicted molar refractivity (Wildman–Crippen MR) is 148 cm³/mol. The second kappa shape index (κ2) is 10.2. The smallest absolute Gasteiger partial charge is 0.253 e. The Morgan fingerprint density at radius 2 is 1.51 bits per heavy atom. The van der Waals surface area contributed by atoms with Crippen LogP contribution in [0, 0.1) is 0 Å². The van der Waals surface area contributed by atoms with Crippen LogP contribution < -0.4 is 0 Å². The average Bonchev–Trinajstić information content (AvgIpc) is 2.92. The fraction of sp³-hybridized carbons (Fsp3) is 0.241. The number of carbonyl (C=O) groups excluding carboxylic acids is 1. The number of aliphatic hydroxyl groups is 1. The second-order valence-electron chi connectivity index (χ2n) is 9.88. The molecule has 0 aliphatic carbocycles. The highest BCUT2D eigenvalue weighted by molar-refractivity contribution is 7.91. The lowest BCUT2D eigenvalue weighted by Gasteiger charge is -2.39. The van der Waals surface area contributed by atoms with E-state index in [0.29, 0.717) is 22.2 Å². The molecule has 10 heteroatoms. The van der Waals surface area contributed by atoms with Gasteiger partial charge in [0.15, 0.2) is 19.7 Å². The number of pyridine rings is 1. The highest BCUT2D eigenvalue weighted by atomic mass is 32.2. The Kier molecular flexibility index (Phi) is 7.04. The summed E-state index contributed by atoms with van der Waals surface area (Å²) in [6.07, 6.45) is 3.07. The molecule has 0 atom stereocenters. The predicted octanol–water partition coefficient (Wildman–Crippen LogP) is 3.74. The summed E-state index contributed by atoms with van der Waals surface area (Å²) in [5, 5.41) is 12.0. The van der Waals surface area contributed by atoms with Crippen molar-refractivity contribution >= 4 is 36.5 Å². The number of carbonyl (C=O) groups is 1. The SMILES string of the molecule is CS(=O)(=O)c1ccccc1C1(O)CCN(C(=O)c2ccc(CS(=O)(=O)c3cccc4cccnc34)cc2)CC1. The number of sulfone groups is 2. The average molecular weight is 565 g/mol. The van der Waals surface area contributed by atoms with Gasteiger partial charge in [-0.05, 0) is 48.7 Å². The molecule has 39 heavy (non-hydrogen) atoms. The van der Waals surface area contributed by atoms with Gasteiger partial charge in [-0.2, -0.15) is 0 Å². The fourth-order valence-corrected chi connectivity index (χ4v) is 7.60. The molecule has 1 fully saturated rings. The molecule has 1 N–H and O–H groups in total. The number of hydrogen-bond donors (Lipinski definition) is 1. The Morgan fingerprint density at radius 3 is 2.21 bits per heavy atom. The minimum Gasteiger partial charge on any atom is -0.385 e. The topological polar surface area (TPSA) is 122 Å². The van der Waals surface area contributed by atoms with Gasteiger partial charge in [0.25, 0.3) is 5.91 Å². The number of rotatable bonds is 6. The van der Waals surface area contributed by atoms with Crippen LogP contribution in [0.25, 0.3) is 10.9 Å². The number of likely N-dealkylation sites (tertiary alicyclic amines) is 1. The first-order valence-corrected chi connectivity index (χ1v) is 16.0. The zero-order valence-electron chi connectivity index (χ0n) is 21.3. The van der Waals surface area contributed by atoms with E-state index in [1.807, 2.05) is 12.1 Å². The lowest BCUT2D eigenvalue weighted by Crippen LogP contribution is -2.45. The third-order valence-corrected chi connectivity index (χ3v) is 10.0. The van der Waals surface area contributed by atoms with E-state index < -0.39 is 25.3 Å². The number of piperidine rings is 1. The maximum absolute atomic E-state index is 13.2. The highest BCUT2D eigenvalue weighted by Crippen LogP contribution is 2.37. The van der Waals surface area contributed by atoms with E-state index in [0.717, 1.165) is 11.6 Å². The van der Waals surface area contributed by atoms with E-state index >= 15 is 0 Å². The summed E-state index contributed by atoms with van der Waals surface area (Å²) in [6.45, 7) is 0.495. The van der Waals surface area contributed by atoms with Crippen LogP contribution in [-0.2, 0) is 31.0 Å². The lowest BCUT2D eigenvalue weighted by molar-refractivity contribution is -0.0232. The molecule has 0 spiro atoms. The number of hydrogen-bond acceptors (Lipinski definition) is 7. The molecule has 8 nitrogen and oxygen atoms in total. The maximum Gasteiger partial charge on any atom is 0.253 e. The molecule has 3 aromatic carbocycles. The number of aromatic nitrogens is 1. The Morgan fingerprint density at radius 1 is 0.872 bits per heavy atom. The molecule has 4 aromatic rings. The van der Waals surface area contributed by atoms with Crippen molar-refractivity contribution in [3.63, 3.8) is 0 Å². The standard InChI is InChI=1S/C29H28N2O6S2/c1-38(34,35)25-9-3-2-8-24(25)29(33)15-18-31(19-16-29)28(32)23-13-11-21(12-14-23)20-39(36,37)26-10-4-6-22-7-5-17-30-27(22)26/h2-14,17,33H,15-16,18-20H2,1H3. The van der Waals surface area contributed by atoms with Crippen molar-refractivity contribution in [3.8, 4) is 0 Å². The summed E-state index contributed by atoms with van der Waals surface area (Å²) < 4.78 is 50.8. The minimum atomic E-state index is -3.68. The Balaban J connectivity index is 1.28. The largest absolute Gasteiger partial charge is 0.385 e. The minimum absolute atomic E-state index is 0.0945. The quantitative estimate of drug-likeness (QED) is 0.379. The summed E-state index contributed by atoms with van der Waals surface area (Å²) in [4.78, 5) is 19.3. The zero-order valence-corrected chi connectivity index (χ0v) is 23.0. The monoisotopic (exact) mass is 564 g/mol. The number of nitrogens with zero attached hydrogens (tertiary/aromatic N) is 2. The molecule has 5 rings (SSSR count). The van der Waals surface area contributed by atoms with Crippen LogP contribution in [0.1, 0.15) is 34.3 Å². The molecule has 1 saturated heterocycles. The molecule has 0 radical (unpaired) electrons. The first-order chi connectivity index (χ1) is 18.5. The summed E-state index contributed by atoms with van der Waals surface area (Å²) in [6, 6.07) is 21.5. The highest BCUT2D eigenvalue weighted by Gasteiger charge is 2.38. The van der Waals surface area contributed by atoms with E-state index in [9.17, 15) is 26.7 Å².